The number of aromatic nitrogens is 1. The number of hydrazone groups is 1. The lowest BCUT2D eigenvalue weighted by atomic mass is 10.1. The predicted octanol–water partition coefficient (Wildman–Crippen LogP) is 4.71. The van der Waals surface area contributed by atoms with E-state index in [1.54, 1.807) is 13.1 Å². The standard InChI is InChI=1S/C23H25N3O3S/c1-2-28-22(27)15-20-17-30-23(25-20)26-24-16-19-10-12-21(13-11-19)29-14-6-9-18-7-4-3-5-8-18/h3-5,7-8,10-13,16-17H,2,6,9,14-15H2,1H3,(H,25,26)/b24-16-. The SMILES string of the molecule is CCOC(=O)Cc1csc(N/N=C\c2ccc(OCCCc3ccccc3)cc2)n1. The van der Waals surface area contributed by atoms with Gasteiger partial charge in [0.15, 0.2) is 0 Å². The Hall–Kier alpha value is -3.19. The molecule has 0 bridgehead atoms. The molecule has 7 heteroatoms. The van der Waals surface area contributed by atoms with E-state index in [9.17, 15) is 4.79 Å². The maximum atomic E-state index is 11.5. The highest BCUT2D eigenvalue weighted by atomic mass is 32.1. The van der Waals surface area contributed by atoms with Crippen LogP contribution >= 0.6 is 11.3 Å². The van der Waals surface area contributed by atoms with Gasteiger partial charge in [-0.3, -0.25) is 10.2 Å². The molecule has 1 aromatic heterocycles. The van der Waals surface area contributed by atoms with Crippen molar-refractivity contribution in [2.24, 2.45) is 5.10 Å². The van der Waals surface area contributed by atoms with Gasteiger partial charge in [-0.25, -0.2) is 4.98 Å². The number of ether oxygens (including phenoxy) is 2. The Morgan fingerprint density at radius 1 is 1.17 bits per heavy atom. The normalized spacial score (nSPS) is 10.8. The largest absolute Gasteiger partial charge is 0.494 e. The van der Waals surface area contributed by atoms with Crippen LogP contribution in [0.5, 0.6) is 5.75 Å². The van der Waals surface area contributed by atoms with E-state index in [0.29, 0.717) is 24.0 Å². The molecule has 0 saturated heterocycles. The first-order valence-corrected chi connectivity index (χ1v) is 10.8. The van der Waals surface area contributed by atoms with Gasteiger partial charge < -0.3 is 9.47 Å². The van der Waals surface area contributed by atoms with Gasteiger partial charge in [0.25, 0.3) is 0 Å². The number of anilines is 1. The lowest BCUT2D eigenvalue weighted by Gasteiger charge is -2.06. The Morgan fingerprint density at radius 2 is 1.97 bits per heavy atom. The third-order valence-electron chi connectivity index (χ3n) is 4.16. The first-order chi connectivity index (χ1) is 14.7. The predicted molar refractivity (Wildman–Crippen MR) is 120 cm³/mol. The highest BCUT2D eigenvalue weighted by Crippen LogP contribution is 2.16. The Balaban J connectivity index is 1.39. The van der Waals surface area contributed by atoms with Crippen LogP contribution < -0.4 is 10.2 Å². The van der Waals surface area contributed by atoms with Crippen LogP contribution in [0, 0.1) is 0 Å². The van der Waals surface area contributed by atoms with Crippen molar-refractivity contribution in [3.8, 4) is 5.75 Å². The van der Waals surface area contributed by atoms with Crippen LogP contribution in [0.2, 0.25) is 0 Å². The fraction of sp³-hybridized carbons (Fsp3) is 0.261. The van der Waals surface area contributed by atoms with E-state index in [1.165, 1.54) is 16.9 Å². The number of hydrogen-bond acceptors (Lipinski definition) is 7. The Kier molecular flexibility index (Phi) is 8.41. The molecule has 3 aromatic rings. The van der Waals surface area contributed by atoms with Gasteiger partial charge in [-0.05, 0) is 55.2 Å². The summed E-state index contributed by atoms with van der Waals surface area (Å²) in [4.78, 5) is 15.8. The van der Waals surface area contributed by atoms with Crippen LogP contribution in [0.15, 0.2) is 65.1 Å². The van der Waals surface area contributed by atoms with Gasteiger partial charge in [-0.1, -0.05) is 30.3 Å². The maximum Gasteiger partial charge on any atom is 0.311 e. The molecule has 1 N–H and O–H groups in total. The van der Waals surface area contributed by atoms with Crippen molar-refractivity contribution in [3.63, 3.8) is 0 Å². The molecule has 1 heterocycles. The van der Waals surface area contributed by atoms with Crippen molar-refractivity contribution in [1.29, 1.82) is 0 Å². The monoisotopic (exact) mass is 423 g/mol. The fourth-order valence-electron chi connectivity index (χ4n) is 2.72. The number of nitrogens with one attached hydrogen (secondary N) is 1. The summed E-state index contributed by atoms with van der Waals surface area (Å²) in [5.74, 6) is 0.567. The van der Waals surface area contributed by atoms with Crippen LogP contribution in [-0.4, -0.2) is 30.4 Å². The number of benzene rings is 2. The van der Waals surface area contributed by atoms with Crippen molar-refractivity contribution >= 4 is 28.7 Å². The van der Waals surface area contributed by atoms with E-state index >= 15 is 0 Å². The number of esters is 1. The lowest BCUT2D eigenvalue weighted by molar-refractivity contribution is -0.142. The highest BCUT2D eigenvalue weighted by molar-refractivity contribution is 7.13. The van der Waals surface area contributed by atoms with Crippen molar-refractivity contribution in [1.82, 2.24) is 4.98 Å². The summed E-state index contributed by atoms with van der Waals surface area (Å²) >= 11 is 1.39. The summed E-state index contributed by atoms with van der Waals surface area (Å²) in [7, 11) is 0. The molecule has 0 amide bonds. The molecule has 0 saturated carbocycles. The number of nitrogens with zero attached hydrogens (tertiary/aromatic N) is 2. The topological polar surface area (TPSA) is 72.8 Å². The molecule has 0 fully saturated rings. The third-order valence-corrected chi connectivity index (χ3v) is 4.95. The quantitative estimate of drug-likeness (QED) is 0.209. The van der Waals surface area contributed by atoms with Gasteiger partial charge in [0.1, 0.15) is 5.75 Å². The third kappa shape index (κ3) is 7.33. The lowest BCUT2D eigenvalue weighted by Crippen LogP contribution is -2.07. The minimum absolute atomic E-state index is 0.169. The summed E-state index contributed by atoms with van der Waals surface area (Å²) < 4.78 is 10.7. The van der Waals surface area contributed by atoms with E-state index < -0.39 is 0 Å². The molecule has 156 valence electrons. The van der Waals surface area contributed by atoms with E-state index in [2.05, 4.69) is 39.8 Å². The summed E-state index contributed by atoms with van der Waals surface area (Å²) in [5.41, 5.74) is 5.83. The molecule has 2 aromatic carbocycles. The molecular formula is C23H25N3O3S. The first kappa shape index (κ1) is 21.5. The Morgan fingerprint density at radius 3 is 2.73 bits per heavy atom. The molecule has 0 atom stereocenters. The van der Waals surface area contributed by atoms with Gasteiger partial charge in [-0.2, -0.15) is 5.10 Å². The molecule has 0 aliphatic carbocycles. The summed E-state index contributed by atoms with van der Waals surface area (Å²) in [5, 5.41) is 6.64. The van der Waals surface area contributed by atoms with Crippen molar-refractivity contribution < 1.29 is 14.3 Å². The van der Waals surface area contributed by atoms with E-state index in [0.717, 1.165) is 24.2 Å². The average Bonchev–Trinajstić information content (AvgIpc) is 3.20. The number of thiazole rings is 1. The summed E-state index contributed by atoms with van der Waals surface area (Å²) in [6.07, 6.45) is 3.87. The number of aryl methyl sites for hydroxylation is 1. The van der Waals surface area contributed by atoms with Gasteiger partial charge in [-0.15, -0.1) is 11.3 Å². The Labute approximate surface area is 180 Å². The number of carbonyl (C=O) groups is 1. The fourth-order valence-corrected chi connectivity index (χ4v) is 3.38. The second kappa shape index (κ2) is 11.7. The first-order valence-electron chi connectivity index (χ1n) is 9.89. The number of carbonyl (C=O) groups excluding carboxylic acids is 1. The van der Waals surface area contributed by atoms with Gasteiger partial charge >= 0.3 is 5.97 Å². The van der Waals surface area contributed by atoms with Gasteiger partial charge in [0.2, 0.25) is 5.13 Å². The van der Waals surface area contributed by atoms with Crippen LogP contribution in [-0.2, 0) is 22.4 Å². The zero-order valence-corrected chi connectivity index (χ0v) is 17.7. The van der Waals surface area contributed by atoms with E-state index in [1.807, 2.05) is 35.7 Å². The number of hydrogen-bond donors (Lipinski definition) is 1. The summed E-state index contributed by atoms with van der Waals surface area (Å²) in [6, 6.07) is 18.2. The molecule has 0 radical (unpaired) electrons. The molecule has 0 unspecified atom stereocenters. The smallest absolute Gasteiger partial charge is 0.311 e. The summed E-state index contributed by atoms with van der Waals surface area (Å²) in [6.45, 7) is 2.84. The van der Waals surface area contributed by atoms with Crippen LogP contribution in [0.25, 0.3) is 0 Å². The minimum Gasteiger partial charge on any atom is -0.494 e. The zero-order valence-electron chi connectivity index (χ0n) is 16.9. The minimum atomic E-state index is -0.278. The molecule has 0 spiro atoms. The molecular weight excluding hydrogens is 398 g/mol. The average molecular weight is 424 g/mol. The van der Waals surface area contributed by atoms with Gasteiger partial charge in [0.05, 0.1) is 31.5 Å². The van der Waals surface area contributed by atoms with Crippen LogP contribution in [0.4, 0.5) is 5.13 Å². The second-order valence-electron chi connectivity index (χ2n) is 6.50. The van der Waals surface area contributed by atoms with E-state index in [-0.39, 0.29) is 12.4 Å². The molecule has 30 heavy (non-hydrogen) atoms. The Bertz CT molecular complexity index is 940. The molecule has 3 rings (SSSR count). The molecule has 0 aliphatic heterocycles. The molecule has 0 aliphatic rings. The van der Waals surface area contributed by atoms with Crippen LogP contribution in [0.1, 0.15) is 30.2 Å². The highest BCUT2D eigenvalue weighted by Gasteiger charge is 2.07. The zero-order chi connectivity index (χ0) is 21.0. The number of rotatable bonds is 11. The van der Waals surface area contributed by atoms with Gasteiger partial charge in [0, 0.05) is 5.38 Å². The van der Waals surface area contributed by atoms with E-state index in [4.69, 9.17) is 9.47 Å². The van der Waals surface area contributed by atoms with Crippen molar-refractivity contribution in [2.75, 3.05) is 18.6 Å². The van der Waals surface area contributed by atoms with Crippen LogP contribution in [0.3, 0.4) is 0 Å². The van der Waals surface area contributed by atoms with Crippen molar-refractivity contribution in [3.05, 3.63) is 76.8 Å². The van der Waals surface area contributed by atoms with Crippen molar-refractivity contribution in [2.45, 2.75) is 26.2 Å². The second-order valence-corrected chi connectivity index (χ2v) is 7.36. The molecule has 6 nitrogen and oxygen atoms in total. The maximum absolute atomic E-state index is 11.5.